The van der Waals surface area contributed by atoms with Gasteiger partial charge in [0, 0.05) is 0 Å². The van der Waals surface area contributed by atoms with Crippen molar-refractivity contribution in [2.75, 3.05) is 6.54 Å². The van der Waals surface area contributed by atoms with E-state index < -0.39 is 18.0 Å². The fourth-order valence-corrected chi connectivity index (χ4v) is 1.94. The van der Waals surface area contributed by atoms with Crippen molar-refractivity contribution >= 4 is 23.2 Å². The summed E-state index contributed by atoms with van der Waals surface area (Å²) in [5.74, 6) is -1.78. The van der Waals surface area contributed by atoms with Gasteiger partial charge in [0.15, 0.2) is 6.10 Å². The minimum absolute atomic E-state index is 0.315. The molecule has 0 fully saturated rings. The monoisotopic (exact) mass is 244 g/mol. The van der Waals surface area contributed by atoms with Crippen molar-refractivity contribution < 1.29 is 19.8 Å². The number of carboxylic acids is 1. The maximum Gasteiger partial charge on any atom is 0.334 e. The van der Waals surface area contributed by atoms with E-state index >= 15 is 0 Å². The number of carboxylic acid groups (broad SMARTS) is 1. The largest absolute Gasteiger partial charge is 0.479 e. The molecular weight excluding hydrogens is 232 g/mol. The number of aromatic nitrogens is 1. The first-order chi connectivity index (χ1) is 7.41. The molecule has 0 aliphatic heterocycles. The Hall–Kier alpha value is -1.47. The summed E-state index contributed by atoms with van der Waals surface area (Å²) in [6, 6.07) is 0. The zero-order valence-electron chi connectivity index (χ0n) is 8.85. The van der Waals surface area contributed by atoms with E-state index in [1.807, 2.05) is 0 Å². The highest BCUT2D eigenvalue weighted by Crippen LogP contribution is 2.16. The maximum atomic E-state index is 11.6. The van der Waals surface area contributed by atoms with Crippen molar-refractivity contribution in [2.45, 2.75) is 20.0 Å². The number of aliphatic hydroxyl groups excluding tert-OH is 1. The van der Waals surface area contributed by atoms with E-state index in [1.165, 1.54) is 11.3 Å². The van der Waals surface area contributed by atoms with E-state index in [-0.39, 0.29) is 6.54 Å². The zero-order valence-corrected chi connectivity index (χ0v) is 9.67. The third kappa shape index (κ3) is 3.01. The van der Waals surface area contributed by atoms with Crippen LogP contribution in [0.2, 0.25) is 0 Å². The lowest BCUT2D eigenvalue weighted by Crippen LogP contribution is -2.36. The summed E-state index contributed by atoms with van der Waals surface area (Å²) in [7, 11) is 0. The number of aliphatic carboxylic acids is 1. The lowest BCUT2D eigenvalue weighted by molar-refractivity contribution is -0.146. The van der Waals surface area contributed by atoms with Crippen molar-refractivity contribution in [3.63, 3.8) is 0 Å². The highest BCUT2D eigenvalue weighted by atomic mass is 32.1. The molecule has 1 rings (SSSR count). The molecule has 0 aromatic carbocycles. The van der Waals surface area contributed by atoms with E-state index in [2.05, 4.69) is 10.3 Å². The summed E-state index contributed by atoms with van der Waals surface area (Å²) in [6.07, 6.45) is -1.58. The first kappa shape index (κ1) is 12.6. The number of aryl methyl sites for hydroxylation is 2. The summed E-state index contributed by atoms with van der Waals surface area (Å²) in [5.41, 5.74) is 0.602. The van der Waals surface area contributed by atoms with Gasteiger partial charge in [0.1, 0.15) is 4.88 Å². The smallest absolute Gasteiger partial charge is 0.334 e. The zero-order chi connectivity index (χ0) is 12.3. The molecule has 1 aromatic heterocycles. The first-order valence-electron chi connectivity index (χ1n) is 4.55. The number of nitrogens with one attached hydrogen (secondary N) is 1. The van der Waals surface area contributed by atoms with Gasteiger partial charge in [-0.05, 0) is 13.8 Å². The van der Waals surface area contributed by atoms with Gasteiger partial charge < -0.3 is 15.5 Å². The molecule has 1 amide bonds. The molecule has 16 heavy (non-hydrogen) atoms. The van der Waals surface area contributed by atoms with Crippen molar-refractivity contribution in [1.82, 2.24) is 10.3 Å². The summed E-state index contributed by atoms with van der Waals surface area (Å²) in [4.78, 5) is 26.4. The predicted molar refractivity (Wildman–Crippen MR) is 57.6 cm³/mol. The van der Waals surface area contributed by atoms with E-state index in [0.717, 1.165) is 5.01 Å². The first-order valence-corrected chi connectivity index (χ1v) is 5.36. The van der Waals surface area contributed by atoms with Crippen LogP contribution >= 0.6 is 11.3 Å². The second-order valence-corrected chi connectivity index (χ2v) is 4.41. The van der Waals surface area contributed by atoms with Gasteiger partial charge in [0.05, 0.1) is 17.2 Å². The number of rotatable bonds is 4. The van der Waals surface area contributed by atoms with Gasteiger partial charge in [-0.1, -0.05) is 0 Å². The van der Waals surface area contributed by atoms with Crippen molar-refractivity contribution in [1.29, 1.82) is 0 Å². The third-order valence-corrected chi connectivity index (χ3v) is 2.92. The molecule has 0 saturated heterocycles. The number of hydrogen-bond acceptors (Lipinski definition) is 5. The SMILES string of the molecule is Cc1nc(C)c(C(=O)NCC(O)C(=O)O)s1. The van der Waals surface area contributed by atoms with Gasteiger partial charge in [-0.3, -0.25) is 4.79 Å². The van der Waals surface area contributed by atoms with Gasteiger partial charge in [-0.15, -0.1) is 11.3 Å². The number of thiazole rings is 1. The highest BCUT2D eigenvalue weighted by molar-refractivity contribution is 7.13. The molecule has 1 heterocycles. The summed E-state index contributed by atoms with van der Waals surface area (Å²) in [5, 5.41) is 20.5. The van der Waals surface area contributed by atoms with Crippen LogP contribution < -0.4 is 5.32 Å². The van der Waals surface area contributed by atoms with Gasteiger partial charge >= 0.3 is 5.97 Å². The standard InChI is InChI=1S/C9H12N2O4S/c1-4-7(16-5(2)11-4)8(13)10-3-6(12)9(14)15/h6,12H,3H2,1-2H3,(H,10,13)(H,14,15). The van der Waals surface area contributed by atoms with Gasteiger partial charge in [0.2, 0.25) is 0 Å². The van der Waals surface area contributed by atoms with Crippen LogP contribution in [0.5, 0.6) is 0 Å². The highest BCUT2D eigenvalue weighted by Gasteiger charge is 2.17. The molecule has 3 N–H and O–H groups in total. The molecule has 1 aromatic rings. The Labute approximate surface area is 95.9 Å². The Balaban J connectivity index is 2.60. The van der Waals surface area contributed by atoms with Crippen LogP contribution in [-0.2, 0) is 4.79 Å². The average molecular weight is 244 g/mol. The molecule has 6 nitrogen and oxygen atoms in total. The Bertz CT molecular complexity index is 416. The molecular formula is C9H12N2O4S. The quantitative estimate of drug-likeness (QED) is 0.688. The van der Waals surface area contributed by atoms with Gasteiger partial charge in [0.25, 0.3) is 5.91 Å². The predicted octanol–water partition coefficient (Wildman–Crippen LogP) is -0.0648. The molecule has 0 bridgehead atoms. The fourth-order valence-electron chi connectivity index (χ4n) is 1.10. The number of carbonyl (C=O) groups is 2. The maximum absolute atomic E-state index is 11.6. The lowest BCUT2D eigenvalue weighted by atomic mass is 10.3. The molecule has 0 radical (unpaired) electrons. The normalized spacial score (nSPS) is 12.2. The van der Waals surface area contributed by atoms with Crippen LogP contribution in [0.15, 0.2) is 0 Å². The topological polar surface area (TPSA) is 99.5 Å². The third-order valence-electron chi connectivity index (χ3n) is 1.85. The molecule has 7 heteroatoms. The Morgan fingerprint density at radius 1 is 1.50 bits per heavy atom. The molecule has 1 atom stereocenters. The second kappa shape index (κ2) is 5.04. The van der Waals surface area contributed by atoms with Crippen molar-refractivity contribution in [3.8, 4) is 0 Å². The molecule has 0 saturated carbocycles. The summed E-state index contributed by atoms with van der Waals surface area (Å²) >= 11 is 1.23. The van der Waals surface area contributed by atoms with Crippen LogP contribution in [0.3, 0.4) is 0 Å². The lowest BCUT2D eigenvalue weighted by Gasteiger charge is -2.06. The average Bonchev–Trinajstić information content (AvgIpc) is 2.53. The molecule has 0 aliphatic rings. The molecule has 0 aliphatic carbocycles. The molecule has 0 spiro atoms. The number of nitrogens with zero attached hydrogens (tertiary/aromatic N) is 1. The minimum atomic E-state index is -1.58. The van der Waals surface area contributed by atoms with Gasteiger partial charge in [-0.2, -0.15) is 0 Å². The fraction of sp³-hybridized carbons (Fsp3) is 0.444. The van der Waals surface area contributed by atoms with Gasteiger partial charge in [-0.25, -0.2) is 9.78 Å². The van der Waals surface area contributed by atoms with E-state index in [9.17, 15) is 9.59 Å². The van der Waals surface area contributed by atoms with Crippen molar-refractivity contribution in [2.24, 2.45) is 0 Å². The van der Waals surface area contributed by atoms with Crippen LogP contribution in [0.4, 0.5) is 0 Å². The Kier molecular flexibility index (Phi) is 3.97. The van der Waals surface area contributed by atoms with Crippen molar-refractivity contribution in [3.05, 3.63) is 15.6 Å². The van der Waals surface area contributed by atoms with E-state index in [1.54, 1.807) is 13.8 Å². The number of aliphatic hydroxyl groups is 1. The number of amides is 1. The Morgan fingerprint density at radius 3 is 2.56 bits per heavy atom. The van der Waals surface area contributed by atoms with E-state index in [0.29, 0.717) is 10.6 Å². The molecule has 88 valence electrons. The number of carbonyl (C=O) groups excluding carboxylic acids is 1. The van der Waals surface area contributed by atoms with Crippen LogP contribution in [0.1, 0.15) is 20.4 Å². The van der Waals surface area contributed by atoms with Crippen LogP contribution in [-0.4, -0.2) is 39.7 Å². The second-order valence-electron chi connectivity index (χ2n) is 3.21. The summed E-state index contributed by atoms with van der Waals surface area (Å²) < 4.78 is 0. The minimum Gasteiger partial charge on any atom is -0.479 e. The van der Waals surface area contributed by atoms with Crippen LogP contribution in [0.25, 0.3) is 0 Å². The summed E-state index contributed by atoms with van der Waals surface area (Å²) in [6.45, 7) is 3.16. The van der Waals surface area contributed by atoms with E-state index in [4.69, 9.17) is 10.2 Å². The number of hydrogen-bond donors (Lipinski definition) is 3. The van der Waals surface area contributed by atoms with Crippen LogP contribution in [0, 0.1) is 13.8 Å². The molecule has 1 unspecified atom stereocenters. The Morgan fingerprint density at radius 2 is 2.12 bits per heavy atom.